The molecule has 2 aliphatic heterocycles. The Morgan fingerprint density at radius 2 is 2.25 bits per heavy atom. The summed E-state index contributed by atoms with van der Waals surface area (Å²) in [5, 5.41) is 3.45. The molecule has 1 N–H and O–H groups in total. The van der Waals surface area contributed by atoms with Crippen LogP contribution in [-0.2, 0) is 4.79 Å². The van der Waals surface area contributed by atoms with E-state index < -0.39 is 0 Å². The molecule has 0 aromatic carbocycles. The molecule has 1 amide bonds. The summed E-state index contributed by atoms with van der Waals surface area (Å²) in [5.74, 6) is 2.65. The van der Waals surface area contributed by atoms with Crippen LogP contribution in [0.15, 0.2) is 0 Å². The molecule has 0 bridgehead atoms. The van der Waals surface area contributed by atoms with Gasteiger partial charge in [0.05, 0.1) is 0 Å². The van der Waals surface area contributed by atoms with Crippen LogP contribution in [0, 0.1) is 11.8 Å². The van der Waals surface area contributed by atoms with E-state index in [0.29, 0.717) is 17.7 Å². The zero-order chi connectivity index (χ0) is 13.9. The predicted octanol–water partition coefficient (Wildman–Crippen LogP) is 2.79. The molecule has 0 spiro atoms. The van der Waals surface area contributed by atoms with Crippen LogP contribution in [0.4, 0.5) is 0 Å². The third-order valence-corrected chi connectivity index (χ3v) is 5.71. The molecule has 118 valence electrons. The van der Waals surface area contributed by atoms with Gasteiger partial charge in [0.1, 0.15) is 0 Å². The van der Waals surface area contributed by atoms with Gasteiger partial charge in [-0.1, -0.05) is 6.92 Å². The highest BCUT2D eigenvalue weighted by Crippen LogP contribution is 2.30. The number of hydrogen-bond donors (Lipinski definition) is 1. The summed E-state index contributed by atoms with van der Waals surface area (Å²) in [5.41, 5.74) is 0. The Kier molecular flexibility index (Phi) is 7.16. The van der Waals surface area contributed by atoms with Gasteiger partial charge in [-0.3, -0.25) is 4.79 Å². The number of amides is 1. The van der Waals surface area contributed by atoms with E-state index >= 15 is 0 Å². The normalized spacial score (nSPS) is 27.6. The van der Waals surface area contributed by atoms with Crippen molar-refractivity contribution in [1.29, 1.82) is 0 Å². The van der Waals surface area contributed by atoms with Crippen molar-refractivity contribution >= 4 is 30.1 Å². The Morgan fingerprint density at radius 1 is 1.50 bits per heavy atom. The lowest BCUT2D eigenvalue weighted by atomic mass is 9.85. The van der Waals surface area contributed by atoms with E-state index in [9.17, 15) is 4.79 Å². The first-order valence-corrected chi connectivity index (χ1v) is 8.59. The Morgan fingerprint density at radius 3 is 2.85 bits per heavy atom. The summed E-state index contributed by atoms with van der Waals surface area (Å²) in [6, 6.07) is 0. The summed E-state index contributed by atoms with van der Waals surface area (Å²) in [4.78, 5) is 14.5. The highest BCUT2D eigenvalue weighted by Gasteiger charge is 2.31. The van der Waals surface area contributed by atoms with Crippen LogP contribution in [-0.4, -0.2) is 47.5 Å². The molecule has 2 rings (SSSR count). The lowest BCUT2D eigenvalue weighted by Gasteiger charge is -2.38. The fraction of sp³-hybridized carbons (Fsp3) is 0.933. The van der Waals surface area contributed by atoms with Crippen molar-refractivity contribution in [3.05, 3.63) is 0 Å². The molecule has 2 fully saturated rings. The Hall–Kier alpha value is 0.0700. The maximum absolute atomic E-state index is 12.4. The predicted molar refractivity (Wildman–Crippen MR) is 89.7 cm³/mol. The second-order valence-electron chi connectivity index (χ2n) is 6.71. The fourth-order valence-electron chi connectivity index (χ4n) is 3.17. The first-order valence-electron chi connectivity index (χ1n) is 7.60. The smallest absolute Gasteiger partial charge is 0.222 e. The monoisotopic (exact) mass is 320 g/mol. The van der Waals surface area contributed by atoms with Gasteiger partial charge in [-0.15, -0.1) is 12.4 Å². The van der Waals surface area contributed by atoms with Gasteiger partial charge in [0, 0.05) is 30.0 Å². The lowest BCUT2D eigenvalue weighted by molar-refractivity contribution is -0.132. The van der Waals surface area contributed by atoms with Crippen molar-refractivity contribution in [2.75, 3.05) is 31.9 Å². The maximum Gasteiger partial charge on any atom is 0.222 e. The van der Waals surface area contributed by atoms with E-state index in [1.54, 1.807) is 0 Å². The van der Waals surface area contributed by atoms with Gasteiger partial charge in [0.15, 0.2) is 0 Å². The topological polar surface area (TPSA) is 32.3 Å². The van der Waals surface area contributed by atoms with Crippen LogP contribution in [0.5, 0.6) is 0 Å². The number of carbonyl (C=O) groups is 1. The number of halogens is 1. The molecular weight excluding hydrogens is 292 g/mol. The Bertz CT molecular complexity index is 319. The van der Waals surface area contributed by atoms with Crippen molar-refractivity contribution in [3.63, 3.8) is 0 Å². The highest BCUT2D eigenvalue weighted by atomic mass is 35.5. The average Bonchev–Trinajstić information content (AvgIpc) is 2.38. The number of carbonyl (C=O) groups excluding carboxylic acids is 1. The van der Waals surface area contributed by atoms with Crippen molar-refractivity contribution in [2.45, 2.75) is 44.8 Å². The van der Waals surface area contributed by atoms with Gasteiger partial charge in [0.2, 0.25) is 5.91 Å². The number of rotatable bonds is 3. The molecule has 0 aromatic heterocycles. The van der Waals surface area contributed by atoms with E-state index in [1.165, 1.54) is 12.8 Å². The minimum absolute atomic E-state index is 0. The van der Waals surface area contributed by atoms with Gasteiger partial charge in [-0.05, 0) is 51.6 Å². The van der Waals surface area contributed by atoms with Crippen molar-refractivity contribution in [3.8, 4) is 0 Å². The number of nitrogens with zero attached hydrogens (tertiary/aromatic N) is 1. The molecular formula is C15H29ClN2OS. The van der Waals surface area contributed by atoms with Crippen LogP contribution < -0.4 is 5.32 Å². The number of hydrogen-bond acceptors (Lipinski definition) is 3. The molecule has 5 heteroatoms. The van der Waals surface area contributed by atoms with Crippen LogP contribution in [0.3, 0.4) is 0 Å². The molecule has 2 unspecified atom stereocenters. The first kappa shape index (κ1) is 18.1. The van der Waals surface area contributed by atoms with Crippen molar-refractivity contribution < 1.29 is 4.79 Å². The van der Waals surface area contributed by atoms with Crippen LogP contribution >= 0.6 is 24.2 Å². The Labute approximate surface area is 134 Å². The molecule has 3 nitrogen and oxygen atoms in total. The average molecular weight is 321 g/mol. The number of piperidine rings is 1. The standard InChI is InChI=1S/C15H28N2OS.ClH/c1-12(13-5-4-6-16-10-13)9-14(18)17-7-8-19-15(2,3)11-17;/h12-13,16H,4-11H2,1-3H3;1H. The van der Waals surface area contributed by atoms with Gasteiger partial charge in [0.25, 0.3) is 0 Å². The maximum atomic E-state index is 12.4. The van der Waals surface area contributed by atoms with Crippen molar-refractivity contribution in [1.82, 2.24) is 10.2 Å². The zero-order valence-electron chi connectivity index (χ0n) is 13.0. The van der Waals surface area contributed by atoms with Gasteiger partial charge in [-0.25, -0.2) is 0 Å². The molecule has 2 heterocycles. The molecule has 0 saturated carbocycles. The highest BCUT2D eigenvalue weighted by molar-refractivity contribution is 8.00. The summed E-state index contributed by atoms with van der Waals surface area (Å²) in [6.45, 7) is 10.8. The summed E-state index contributed by atoms with van der Waals surface area (Å²) >= 11 is 1.98. The molecule has 0 aliphatic carbocycles. The minimum atomic E-state index is 0. The summed E-state index contributed by atoms with van der Waals surface area (Å²) < 4.78 is 0.226. The second kappa shape index (κ2) is 7.90. The molecule has 2 saturated heterocycles. The number of nitrogens with one attached hydrogen (secondary N) is 1. The molecule has 2 atom stereocenters. The largest absolute Gasteiger partial charge is 0.340 e. The molecule has 2 aliphatic rings. The molecule has 0 aromatic rings. The zero-order valence-corrected chi connectivity index (χ0v) is 14.6. The van der Waals surface area contributed by atoms with Gasteiger partial charge < -0.3 is 10.2 Å². The van der Waals surface area contributed by atoms with Gasteiger partial charge in [-0.2, -0.15) is 11.8 Å². The van der Waals surface area contributed by atoms with E-state index in [-0.39, 0.29) is 17.2 Å². The van der Waals surface area contributed by atoms with Gasteiger partial charge >= 0.3 is 0 Å². The quantitative estimate of drug-likeness (QED) is 0.868. The molecule has 20 heavy (non-hydrogen) atoms. The fourth-order valence-corrected chi connectivity index (χ4v) is 4.28. The lowest BCUT2D eigenvalue weighted by Crippen LogP contribution is -2.47. The van der Waals surface area contributed by atoms with Crippen LogP contribution in [0.1, 0.15) is 40.0 Å². The van der Waals surface area contributed by atoms with Crippen LogP contribution in [0.25, 0.3) is 0 Å². The summed E-state index contributed by atoms with van der Waals surface area (Å²) in [6.07, 6.45) is 3.27. The van der Waals surface area contributed by atoms with E-state index in [1.807, 2.05) is 11.8 Å². The van der Waals surface area contributed by atoms with E-state index in [2.05, 4.69) is 31.0 Å². The van der Waals surface area contributed by atoms with Crippen LogP contribution in [0.2, 0.25) is 0 Å². The van der Waals surface area contributed by atoms with E-state index in [0.717, 1.165) is 38.4 Å². The number of thioether (sulfide) groups is 1. The third kappa shape index (κ3) is 5.12. The molecule has 0 radical (unpaired) electrons. The minimum Gasteiger partial charge on any atom is -0.340 e. The SMILES string of the molecule is CC(CC(=O)N1CCSC(C)(C)C1)C1CCCNC1.Cl. The Balaban J connectivity index is 0.00000200. The second-order valence-corrected chi connectivity index (χ2v) is 8.51. The van der Waals surface area contributed by atoms with E-state index in [4.69, 9.17) is 0 Å². The van der Waals surface area contributed by atoms with Crippen molar-refractivity contribution in [2.24, 2.45) is 11.8 Å². The summed E-state index contributed by atoms with van der Waals surface area (Å²) in [7, 11) is 0. The third-order valence-electron chi connectivity index (χ3n) is 4.41. The first-order chi connectivity index (χ1) is 8.98.